The van der Waals surface area contributed by atoms with Crippen molar-refractivity contribution in [2.45, 2.75) is 6.42 Å². The van der Waals surface area contributed by atoms with Crippen LogP contribution in [-0.2, 0) is 6.42 Å². The van der Waals surface area contributed by atoms with Crippen LogP contribution < -0.4 is 5.32 Å². The predicted molar refractivity (Wildman–Crippen MR) is 66.9 cm³/mol. The number of benzene rings is 1. The van der Waals surface area contributed by atoms with Crippen molar-refractivity contribution in [1.82, 2.24) is 5.32 Å². The van der Waals surface area contributed by atoms with Gasteiger partial charge in [0.05, 0.1) is 0 Å². The maximum atomic E-state index is 6.02. The second-order valence-electron chi connectivity index (χ2n) is 2.96. The molecule has 1 aromatic rings. The van der Waals surface area contributed by atoms with Crippen molar-refractivity contribution in [3.63, 3.8) is 0 Å². The summed E-state index contributed by atoms with van der Waals surface area (Å²) in [4.78, 5) is 0. The van der Waals surface area contributed by atoms with E-state index in [0.717, 1.165) is 35.8 Å². The summed E-state index contributed by atoms with van der Waals surface area (Å²) in [5, 5.41) is 4.68. The van der Waals surface area contributed by atoms with E-state index in [4.69, 9.17) is 23.2 Å². The first-order valence-corrected chi connectivity index (χ1v) is 5.88. The highest BCUT2D eigenvalue weighted by atomic mass is 35.5. The molecule has 14 heavy (non-hydrogen) atoms. The van der Waals surface area contributed by atoms with Gasteiger partial charge in [0.2, 0.25) is 0 Å². The summed E-state index contributed by atoms with van der Waals surface area (Å²) in [6, 6.07) is 5.60. The Labute approximate surface area is 100 Å². The molecular formula is C10H13Cl2NS. The molecular weight excluding hydrogens is 237 g/mol. The standard InChI is InChI=1S/C10H13Cl2NS/c11-9-2-1-8(10(12)7-9)3-4-13-5-6-14/h1-2,7,13-14H,3-6H2. The Bertz CT molecular complexity index is 291. The van der Waals surface area contributed by atoms with E-state index in [2.05, 4.69) is 17.9 Å². The molecule has 0 fully saturated rings. The lowest BCUT2D eigenvalue weighted by molar-refractivity contribution is 0.722. The number of rotatable bonds is 5. The third-order valence-corrected chi connectivity index (χ3v) is 2.69. The van der Waals surface area contributed by atoms with Gasteiger partial charge in [0.25, 0.3) is 0 Å². The van der Waals surface area contributed by atoms with E-state index in [9.17, 15) is 0 Å². The Kier molecular flexibility index (Phi) is 5.71. The highest BCUT2D eigenvalue weighted by molar-refractivity contribution is 7.80. The van der Waals surface area contributed by atoms with E-state index in [-0.39, 0.29) is 0 Å². The predicted octanol–water partition coefficient (Wildman–Crippen LogP) is 3.06. The molecule has 0 amide bonds. The molecule has 1 nitrogen and oxygen atoms in total. The molecule has 0 saturated carbocycles. The minimum atomic E-state index is 0.682. The first kappa shape index (κ1) is 12.2. The highest BCUT2D eigenvalue weighted by Gasteiger charge is 2.00. The summed E-state index contributed by atoms with van der Waals surface area (Å²) < 4.78 is 0. The van der Waals surface area contributed by atoms with Gasteiger partial charge >= 0.3 is 0 Å². The van der Waals surface area contributed by atoms with Gasteiger partial charge in [-0.15, -0.1) is 0 Å². The van der Waals surface area contributed by atoms with Crippen molar-refractivity contribution in [1.29, 1.82) is 0 Å². The van der Waals surface area contributed by atoms with E-state index in [1.54, 1.807) is 6.07 Å². The quantitative estimate of drug-likeness (QED) is 0.604. The topological polar surface area (TPSA) is 12.0 Å². The first-order valence-electron chi connectivity index (χ1n) is 4.49. The maximum absolute atomic E-state index is 6.02. The molecule has 0 bridgehead atoms. The van der Waals surface area contributed by atoms with Crippen LogP contribution in [0.25, 0.3) is 0 Å². The van der Waals surface area contributed by atoms with Crippen LogP contribution in [0.1, 0.15) is 5.56 Å². The summed E-state index contributed by atoms with van der Waals surface area (Å²) in [7, 11) is 0. The lowest BCUT2D eigenvalue weighted by Crippen LogP contribution is -2.19. The van der Waals surface area contributed by atoms with Gasteiger partial charge in [0, 0.05) is 22.3 Å². The Morgan fingerprint density at radius 1 is 1.21 bits per heavy atom. The molecule has 1 N–H and O–H groups in total. The van der Waals surface area contributed by atoms with Gasteiger partial charge in [-0.25, -0.2) is 0 Å². The Morgan fingerprint density at radius 2 is 2.00 bits per heavy atom. The SMILES string of the molecule is SCCNCCc1ccc(Cl)cc1Cl. The number of halogens is 2. The van der Waals surface area contributed by atoms with Crippen LogP contribution in [0.5, 0.6) is 0 Å². The second-order valence-corrected chi connectivity index (χ2v) is 4.25. The summed E-state index contributed by atoms with van der Waals surface area (Å²) >= 11 is 15.9. The first-order chi connectivity index (χ1) is 6.74. The van der Waals surface area contributed by atoms with Crippen LogP contribution in [-0.4, -0.2) is 18.8 Å². The van der Waals surface area contributed by atoms with E-state index in [0.29, 0.717) is 5.02 Å². The molecule has 0 aliphatic heterocycles. The fraction of sp³-hybridized carbons (Fsp3) is 0.400. The summed E-state index contributed by atoms with van der Waals surface area (Å²) in [6.45, 7) is 1.84. The molecule has 1 aromatic carbocycles. The Hall–Kier alpha value is 0.110. The van der Waals surface area contributed by atoms with Crippen LogP contribution in [0.15, 0.2) is 18.2 Å². The largest absolute Gasteiger partial charge is 0.316 e. The fourth-order valence-electron chi connectivity index (χ4n) is 1.15. The average molecular weight is 250 g/mol. The van der Waals surface area contributed by atoms with E-state index >= 15 is 0 Å². The number of hydrogen-bond donors (Lipinski definition) is 2. The smallest absolute Gasteiger partial charge is 0.0453 e. The zero-order valence-electron chi connectivity index (χ0n) is 7.76. The molecule has 0 spiro atoms. The number of hydrogen-bond acceptors (Lipinski definition) is 2. The van der Waals surface area contributed by atoms with Crippen molar-refractivity contribution in [3.8, 4) is 0 Å². The Balaban J connectivity index is 2.42. The second kappa shape index (κ2) is 6.57. The van der Waals surface area contributed by atoms with E-state index < -0.39 is 0 Å². The van der Waals surface area contributed by atoms with Gasteiger partial charge in [-0.3, -0.25) is 0 Å². The van der Waals surface area contributed by atoms with E-state index in [1.807, 2.05) is 12.1 Å². The number of thiol groups is 1. The molecule has 0 heterocycles. The lowest BCUT2D eigenvalue weighted by Gasteiger charge is -2.05. The highest BCUT2D eigenvalue weighted by Crippen LogP contribution is 2.20. The van der Waals surface area contributed by atoms with E-state index in [1.165, 1.54) is 0 Å². The normalized spacial score (nSPS) is 10.5. The summed E-state index contributed by atoms with van der Waals surface area (Å²) in [5.74, 6) is 0.856. The number of nitrogens with one attached hydrogen (secondary N) is 1. The Morgan fingerprint density at radius 3 is 2.64 bits per heavy atom. The molecule has 0 saturated heterocycles. The van der Waals surface area contributed by atoms with Gasteiger partial charge in [0.1, 0.15) is 0 Å². The van der Waals surface area contributed by atoms with Crippen molar-refractivity contribution in [2.75, 3.05) is 18.8 Å². The average Bonchev–Trinajstić information content (AvgIpc) is 2.15. The molecule has 4 heteroatoms. The van der Waals surface area contributed by atoms with Crippen LogP contribution in [0.2, 0.25) is 10.0 Å². The summed E-state index contributed by atoms with van der Waals surface area (Å²) in [6.07, 6.45) is 0.920. The monoisotopic (exact) mass is 249 g/mol. The van der Waals surface area contributed by atoms with Crippen molar-refractivity contribution < 1.29 is 0 Å². The molecule has 0 radical (unpaired) electrons. The van der Waals surface area contributed by atoms with Gasteiger partial charge in [-0.05, 0) is 30.7 Å². The van der Waals surface area contributed by atoms with Crippen LogP contribution in [0, 0.1) is 0 Å². The third kappa shape index (κ3) is 4.09. The molecule has 78 valence electrons. The minimum absolute atomic E-state index is 0.682. The van der Waals surface area contributed by atoms with Gasteiger partial charge in [0.15, 0.2) is 0 Å². The minimum Gasteiger partial charge on any atom is -0.316 e. The van der Waals surface area contributed by atoms with Crippen LogP contribution in [0.3, 0.4) is 0 Å². The lowest BCUT2D eigenvalue weighted by atomic mass is 10.1. The van der Waals surface area contributed by atoms with Crippen molar-refractivity contribution >= 4 is 35.8 Å². The molecule has 0 aromatic heterocycles. The summed E-state index contributed by atoms with van der Waals surface area (Å²) in [5.41, 5.74) is 1.13. The zero-order valence-corrected chi connectivity index (χ0v) is 10.2. The third-order valence-electron chi connectivity index (χ3n) is 1.87. The maximum Gasteiger partial charge on any atom is 0.0453 e. The molecule has 0 atom stereocenters. The van der Waals surface area contributed by atoms with Crippen molar-refractivity contribution in [2.24, 2.45) is 0 Å². The van der Waals surface area contributed by atoms with Crippen LogP contribution >= 0.6 is 35.8 Å². The van der Waals surface area contributed by atoms with Crippen LogP contribution in [0.4, 0.5) is 0 Å². The van der Waals surface area contributed by atoms with Gasteiger partial charge in [-0.2, -0.15) is 12.6 Å². The molecule has 0 aliphatic carbocycles. The fourth-order valence-corrected chi connectivity index (χ4v) is 1.81. The molecule has 1 rings (SSSR count). The molecule has 0 unspecified atom stereocenters. The van der Waals surface area contributed by atoms with Gasteiger partial charge < -0.3 is 5.32 Å². The molecule has 0 aliphatic rings. The van der Waals surface area contributed by atoms with Gasteiger partial charge in [-0.1, -0.05) is 29.3 Å². The zero-order chi connectivity index (χ0) is 10.4. The van der Waals surface area contributed by atoms with Crippen molar-refractivity contribution in [3.05, 3.63) is 33.8 Å².